The molecule has 2 rings (SSSR count). The molecule has 25 heavy (non-hydrogen) atoms. The molecule has 0 bridgehead atoms. The second-order valence-corrected chi connectivity index (χ2v) is 5.75. The van der Waals surface area contributed by atoms with E-state index in [2.05, 4.69) is 20.7 Å². The molecule has 3 amide bonds. The molecule has 0 atom stereocenters. The first-order valence-electron chi connectivity index (χ1n) is 8.06. The average molecular weight is 347 g/mol. The van der Waals surface area contributed by atoms with Crippen molar-refractivity contribution in [2.24, 2.45) is 0 Å². The van der Waals surface area contributed by atoms with Crippen molar-refractivity contribution in [2.75, 3.05) is 19.0 Å². The lowest BCUT2D eigenvalue weighted by Crippen LogP contribution is -2.45. The van der Waals surface area contributed by atoms with Crippen molar-refractivity contribution in [2.45, 2.75) is 31.7 Å². The van der Waals surface area contributed by atoms with Crippen LogP contribution in [0.5, 0.6) is 0 Å². The van der Waals surface area contributed by atoms with Crippen LogP contribution in [0, 0.1) is 0 Å². The van der Waals surface area contributed by atoms with E-state index in [-0.39, 0.29) is 12.6 Å². The maximum Gasteiger partial charge on any atom is 0.337 e. The first-order valence-corrected chi connectivity index (χ1v) is 8.06. The predicted molar refractivity (Wildman–Crippen MR) is 89.8 cm³/mol. The van der Waals surface area contributed by atoms with E-state index in [4.69, 9.17) is 0 Å². The van der Waals surface area contributed by atoms with Crippen LogP contribution in [0.25, 0.3) is 0 Å². The molecule has 3 N–H and O–H groups in total. The highest BCUT2D eigenvalue weighted by molar-refractivity contribution is 6.35. The Morgan fingerprint density at radius 3 is 2.28 bits per heavy atom. The summed E-state index contributed by atoms with van der Waals surface area (Å²) in [6.07, 6.45) is 3.84. The molecule has 134 valence electrons. The Labute approximate surface area is 145 Å². The fourth-order valence-corrected chi connectivity index (χ4v) is 2.57. The summed E-state index contributed by atoms with van der Waals surface area (Å²) in [7, 11) is 1.28. The van der Waals surface area contributed by atoms with Crippen LogP contribution < -0.4 is 16.0 Å². The monoisotopic (exact) mass is 347 g/mol. The fourth-order valence-electron chi connectivity index (χ4n) is 2.57. The summed E-state index contributed by atoms with van der Waals surface area (Å²) in [6, 6.07) is 6.14. The molecule has 8 nitrogen and oxygen atoms in total. The summed E-state index contributed by atoms with van der Waals surface area (Å²) in [6.45, 7) is -0.324. The molecule has 1 aliphatic carbocycles. The normalized spacial score (nSPS) is 13.8. The quantitative estimate of drug-likeness (QED) is 0.533. The van der Waals surface area contributed by atoms with E-state index in [1.54, 1.807) is 12.1 Å². The molecule has 1 aromatic carbocycles. The average Bonchev–Trinajstić information content (AvgIpc) is 3.12. The summed E-state index contributed by atoms with van der Waals surface area (Å²) in [5.41, 5.74) is 0.819. The molecule has 0 unspecified atom stereocenters. The molecule has 0 saturated heterocycles. The SMILES string of the molecule is COC(=O)c1ccc(NC(=O)CNC(=O)C(=O)NC2CCCC2)cc1. The van der Waals surface area contributed by atoms with Crippen LogP contribution in [0.2, 0.25) is 0 Å². The summed E-state index contributed by atoms with van der Waals surface area (Å²) < 4.78 is 4.58. The van der Waals surface area contributed by atoms with Gasteiger partial charge in [0, 0.05) is 11.7 Å². The molecule has 0 heterocycles. The van der Waals surface area contributed by atoms with Gasteiger partial charge in [-0.1, -0.05) is 12.8 Å². The van der Waals surface area contributed by atoms with Crippen LogP contribution >= 0.6 is 0 Å². The molecule has 0 aliphatic heterocycles. The van der Waals surface area contributed by atoms with Crippen molar-refractivity contribution in [1.29, 1.82) is 0 Å². The van der Waals surface area contributed by atoms with Gasteiger partial charge in [0.2, 0.25) is 5.91 Å². The Balaban J connectivity index is 1.75. The molecule has 0 spiro atoms. The molecule has 8 heteroatoms. The van der Waals surface area contributed by atoms with Gasteiger partial charge in [-0.25, -0.2) is 4.79 Å². The Bertz CT molecular complexity index is 651. The van der Waals surface area contributed by atoms with E-state index in [1.165, 1.54) is 19.2 Å². The minimum Gasteiger partial charge on any atom is -0.465 e. The minimum atomic E-state index is -0.830. The standard InChI is InChI=1S/C17H21N3O5/c1-25-17(24)11-6-8-13(9-7-11)19-14(21)10-18-15(22)16(23)20-12-4-2-3-5-12/h6-9,12H,2-5,10H2,1H3,(H,18,22)(H,19,21)(H,20,23). The zero-order valence-electron chi connectivity index (χ0n) is 14.0. The molecule has 1 aromatic rings. The van der Waals surface area contributed by atoms with Crippen LogP contribution in [0.3, 0.4) is 0 Å². The smallest absolute Gasteiger partial charge is 0.337 e. The Hall–Kier alpha value is -2.90. The van der Waals surface area contributed by atoms with Gasteiger partial charge in [-0.2, -0.15) is 0 Å². The summed E-state index contributed by atoms with van der Waals surface area (Å²) in [4.78, 5) is 46.5. The maximum absolute atomic E-state index is 11.8. The first-order chi connectivity index (χ1) is 12.0. The van der Waals surface area contributed by atoms with Crippen molar-refractivity contribution >= 4 is 29.4 Å². The van der Waals surface area contributed by atoms with E-state index >= 15 is 0 Å². The van der Waals surface area contributed by atoms with E-state index in [0.717, 1.165) is 25.7 Å². The number of methoxy groups -OCH3 is 1. The number of benzene rings is 1. The van der Waals surface area contributed by atoms with Gasteiger partial charge in [-0.05, 0) is 37.1 Å². The Morgan fingerprint density at radius 2 is 1.68 bits per heavy atom. The highest BCUT2D eigenvalue weighted by atomic mass is 16.5. The first kappa shape index (κ1) is 18.4. The van der Waals surface area contributed by atoms with Gasteiger partial charge < -0.3 is 20.7 Å². The summed E-state index contributed by atoms with van der Waals surface area (Å²) in [5, 5.41) is 7.48. The van der Waals surface area contributed by atoms with Crippen LogP contribution in [-0.2, 0) is 19.1 Å². The largest absolute Gasteiger partial charge is 0.465 e. The molecule has 1 saturated carbocycles. The number of esters is 1. The van der Waals surface area contributed by atoms with E-state index in [9.17, 15) is 19.2 Å². The lowest BCUT2D eigenvalue weighted by Gasteiger charge is -2.11. The van der Waals surface area contributed by atoms with Crippen molar-refractivity contribution in [3.63, 3.8) is 0 Å². The third-order valence-corrected chi connectivity index (χ3v) is 3.90. The highest BCUT2D eigenvalue weighted by Crippen LogP contribution is 2.17. The van der Waals surface area contributed by atoms with Gasteiger partial charge >= 0.3 is 17.8 Å². The molecule has 1 fully saturated rings. The lowest BCUT2D eigenvalue weighted by atomic mass is 10.2. The number of rotatable bonds is 5. The second-order valence-electron chi connectivity index (χ2n) is 5.75. The molecule has 1 aliphatic rings. The van der Waals surface area contributed by atoms with Crippen molar-refractivity contribution in [1.82, 2.24) is 10.6 Å². The van der Waals surface area contributed by atoms with E-state index in [1.807, 2.05) is 0 Å². The topological polar surface area (TPSA) is 114 Å². The van der Waals surface area contributed by atoms with Crippen molar-refractivity contribution in [3.8, 4) is 0 Å². The number of carbonyl (C=O) groups is 4. The second kappa shape index (κ2) is 8.81. The fraction of sp³-hybridized carbons (Fsp3) is 0.412. The van der Waals surface area contributed by atoms with Crippen molar-refractivity contribution < 1.29 is 23.9 Å². The van der Waals surface area contributed by atoms with Gasteiger partial charge in [0.25, 0.3) is 0 Å². The van der Waals surface area contributed by atoms with E-state index < -0.39 is 23.7 Å². The molecular weight excluding hydrogens is 326 g/mol. The van der Waals surface area contributed by atoms with Gasteiger partial charge in [0.1, 0.15) is 0 Å². The number of hydrogen-bond acceptors (Lipinski definition) is 5. The number of anilines is 1. The number of nitrogens with one attached hydrogen (secondary N) is 3. The number of ether oxygens (including phenoxy) is 1. The summed E-state index contributed by atoms with van der Waals surface area (Å²) in [5.74, 6) is -2.50. The minimum absolute atomic E-state index is 0.0420. The van der Waals surface area contributed by atoms with Crippen LogP contribution in [0.1, 0.15) is 36.0 Å². The molecular formula is C17H21N3O5. The van der Waals surface area contributed by atoms with Gasteiger partial charge in [-0.3, -0.25) is 14.4 Å². The molecule has 0 aromatic heterocycles. The molecule has 0 radical (unpaired) electrons. The summed E-state index contributed by atoms with van der Waals surface area (Å²) >= 11 is 0. The van der Waals surface area contributed by atoms with Crippen LogP contribution in [0.15, 0.2) is 24.3 Å². The van der Waals surface area contributed by atoms with Crippen LogP contribution in [-0.4, -0.2) is 43.4 Å². The van der Waals surface area contributed by atoms with Gasteiger partial charge in [0.15, 0.2) is 0 Å². The zero-order valence-corrected chi connectivity index (χ0v) is 14.0. The number of hydrogen-bond donors (Lipinski definition) is 3. The van der Waals surface area contributed by atoms with Crippen LogP contribution in [0.4, 0.5) is 5.69 Å². The Kier molecular flexibility index (Phi) is 6.50. The third kappa shape index (κ3) is 5.59. The number of carbonyl (C=O) groups excluding carboxylic acids is 4. The zero-order chi connectivity index (χ0) is 18.2. The van der Waals surface area contributed by atoms with Crippen molar-refractivity contribution in [3.05, 3.63) is 29.8 Å². The van der Waals surface area contributed by atoms with E-state index in [0.29, 0.717) is 11.3 Å². The van der Waals surface area contributed by atoms with Gasteiger partial charge in [0.05, 0.1) is 19.2 Å². The highest BCUT2D eigenvalue weighted by Gasteiger charge is 2.21. The third-order valence-electron chi connectivity index (χ3n) is 3.90. The number of amides is 3. The predicted octanol–water partition coefficient (Wildman–Crippen LogP) is 0.587. The maximum atomic E-state index is 11.8. The van der Waals surface area contributed by atoms with Gasteiger partial charge in [-0.15, -0.1) is 0 Å². The Morgan fingerprint density at radius 1 is 1.04 bits per heavy atom. The lowest BCUT2D eigenvalue weighted by molar-refractivity contribution is -0.140.